The molecule has 0 aliphatic rings. The fourth-order valence-corrected chi connectivity index (χ4v) is 1.94. The molecule has 1 aromatic rings. The second kappa shape index (κ2) is 7.81. The molecule has 1 amide bonds. The molecule has 8 heteroatoms. The molecule has 0 saturated carbocycles. The molecule has 0 saturated heterocycles. The number of hydrogen-bond acceptors (Lipinski definition) is 5. The van der Waals surface area contributed by atoms with Crippen LogP contribution >= 0.6 is 15.9 Å². The standard InChI is InChI=1S/C12H16BrN3O4/c1-2-3-15-11(12(14)17)7-20-10-5-8(13)4-9(6-10)16(18)19/h4-6,11,15H,2-3,7H2,1H3,(H2,14,17). The normalized spacial score (nSPS) is 11.9. The molecular formula is C12H16BrN3O4. The quantitative estimate of drug-likeness (QED) is 0.549. The van der Waals surface area contributed by atoms with Gasteiger partial charge in [-0.1, -0.05) is 22.9 Å². The van der Waals surface area contributed by atoms with Gasteiger partial charge in [0, 0.05) is 10.5 Å². The number of non-ortho nitro benzene ring substituents is 1. The number of nitrogens with zero attached hydrogens (tertiary/aromatic N) is 1. The van der Waals surface area contributed by atoms with Crippen LogP contribution in [-0.2, 0) is 4.79 Å². The summed E-state index contributed by atoms with van der Waals surface area (Å²) in [6, 6.07) is 3.62. The summed E-state index contributed by atoms with van der Waals surface area (Å²) in [7, 11) is 0. The maximum Gasteiger partial charge on any atom is 0.274 e. The number of benzene rings is 1. The minimum absolute atomic E-state index is 0.0168. The zero-order valence-electron chi connectivity index (χ0n) is 11.0. The molecule has 1 aromatic carbocycles. The number of ether oxygens (including phenoxy) is 1. The van der Waals surface area contributed by atoms with Crippen LogP contribution in [0.15, 0.2) is 22.7 Å². The Hall–Kier alpha value is -1.67. The van der Waals surface area contributed by atoms with Crippen LogP contribution < -0.4 is 15.8 Å². The molecule has 0 aromatic heterocycles. The third-order valence-corrected chi connectivity index (χ3v) is 2.93. The van der Waals surface area contributed by atoms with Gasteiger partial charge in [-0.3, -0.25) is 14.9 Å². The Morgan fingerprint density at radius 1 is 1.55 bits per heavy atom. The Kier molecular flexibility index (Phi) is 6.40. The van der Waals surface area contributed by atoms with Gasteiger partial charge in [-0.05, 0) is 19.0 Å². The van der Waals surface area contributed by atoms with Gasteiger partial charge in [0.05, 0.1) is 11.0 Å². The van der Waals surface area contributed by atoms with E-state index in [2.05, 4.69) is 21.2 Å². The van der Waals surface area contributed by atoms with Crippen molar-refractivity contribution in [1.29, 1.82) is 0 Å². The summed E-state index contributed by atoms with van der Waals surface area (Å²) in [5, 5.41) is 13.7. The van der Waals surface area contributed by atoms with Crippen LogP contribution in [0.2, 0.25) is 0 Å². The first-order chi connectivity index (χ1) is 9.43. The molecule has 7 nitrogen and oxygen atoms in total. The Bertz CT molecular complexity index is 496. The van der Waals surface area contributed by atoms with Gasteiger partial charge >= 0.3 is 0 Å². The molecule has 0 aliphatic heterocycles. The number of carbonyl (C=O) groups excluding carboxylic acids is 1. The summed E-state index contributed by atoms with van der Waals surface area (Å²) in [5.74, 6) is -0.224. The monoisotopic (exact) mass is 345 g/mol. The van der Waals surface area contributed by atoms with E-state index in [1.54, 1.807) is 6.07 Å². The molecule has 0 spiro atoms. The van der Waals surface area contributed by atoms with Crippen LogP contribution in [0.5, 0.6) is 5.75 Å². The highest BCUT2D eigenvalue weighted by Crippen LogP contribution is 2.26. The predicted molar refractivity (Wildman–Crippen MR) is 77.6 cm³/mol. The zero-order valence-corrected chi connectivity index (χ0v) is 12.6. The average molecular weight is 346 g/mol. The molecule has 0 fully saturated rings. The smallest absolute Gasteiger partial charge is 0.274 e. The molecule has 1 atom stereocenters. The van der Waals surface area contributed by atoms with Crippen molar-refractivity contribution >= 4 is 27.5 Å². The van der Waals surface area contributed by atoms with Crippen LogP contribution in [-0.4, -0.2) is 30.0 Å². The van der Waals surface area contributed by atoms with Crippen molar-refractivity contribution in [3.05, 3.63) is 32.8 Å². The highest BCUT2D eigenvalue weighted by atomic mass is 79.9. The van der Waals surface area contributed by atoms with Gasteiger partial charge in [-0.15, -0.1) is 0 Å². The van der Waals surface area contributed by atoms with Crippen LogP contribution in [0, 0.1) is 10.1 Å². The molecule has 110 valence electrons. The molecule has 1 unspecified atom stereocenters. The van der Waals surface area contributed by atoms with Crippen molar-refractivity contribution in [2.24, 2.45) is 5.73 Å². The molecule has 3 N–H and O–H groups in total. The lowest BCUT2D eigenvalue weighted by molar-refractivity contribution is -0.385. The minimum Gasteiger partial charge on any atom is -0.491 e. The molecule has 20 heavy (non-hydrogen) atoms. The molecule has 1 rings (SSSR count). The van der Waals surface area contributed by atoms with E-state index in [4.69, 9.17) is 10.5 Å². The first-order valence-electron chi connectivity index (χ1n) is 6.04. The fraction of sp³-hybridized carbons (Fsp3) is 0.417. The number of nitro groups is 1. The number of carbonyl (C=O) groups is 1. The third kappa shape index (κ3) is 5.14. The van der Waals surface area contributed by atoms with E-state index in [-0.39, 0.29) is 12.3 Å². The van der Waals surface area contributed by atoms with Crippen LogP contribution in [0.25, 0.3) is 0 Å². The highest BCUT2D eigenvalue weighted by molar-refractivity contribution is 9.10. The summed E-state index contributed by atoms with van der Waals surface area (Å²) in [4.78, 5) is 21.5. The Labute approximate surface area is 124 Å². The number of nitrogens with one attached hydrogen (secondary N) is 1. The fourth-order valence-electron chi connectivity index (χ4n) is 1.48. The van der Waals surface area contributed by atoms with Crippen molar-refractivity contribution in [2.45, 2.75) is 19.4 Å². The van der Waals surface area contributed by atoms with E-state index in [0.717, 1.165) is 6.42 Å². The minimum atomic E-state index is -0.631. The number of nitrogens with two attached hydrogens (primary N) is 1. The Balaban J connectivity index is 2.72. The summed E-state index contributed by atoms with van der Waals surface area (Å²) in [6.07, 6.45) is 0.853. The van der Waals surface area contributed by atoms with Crippen LogP contribution in [0.3, 0.4) is 0 Å². The summed E-state index contributed by atoms with van der Waals surface area (Å²) < 4.78 is 5.93. The van der Waals surface area contributed by atoms with Crippen LogP contribution in [0.1, 0.15) is 13.3 Å². The summed E-state index contributed by atoms with van der Waals surface area (Å²) in [6.45, 7) is 2.61. The van der Waals surface area contributed by atoms with E-state index in [0.29, 0.717) is 16.8 Å². The Morgan fingerprint density at radius 2 is 2.25 bits per heavy atom. The van der Waals surface area contributed by atoms with Gasteiger partial charge < -0.3 is 15.8 Å². The Morgan fingerprint density at radius 3 is 2.80 bits per heavy atom. The average Bonchev–Trinajstić information content (AvgIpc) is 2.37. The number of amides is 1. The maximum atomic E-state index is 11.2. The first kappa shape index (κ1) is 16.4. The molecular weight excluding hydrogens is 330 g/mol. The second-order valence-electron chi connectivity index (χ2n) is 4.12. The van der Waals surface area contributed by atoms with Crippen molar-refractivity contribution in [2.75, 3.05) is 13.2 Å². The van der Waals surface area contributed by atoms with Gasteiger partial charge in [0.15, 0.2) is 0 Å². The third-order valence-electron chi connectivity index (χ3n) is 2.47. The lowest BCUT2D eigenvalue weighted by Gasteiger charge is -2.15. The zero-order chi connectivity index (χ0) is 15.1. The van der Waals surface area contributed by atoms with E-state index in [1.807, 2.05) is 6.92 Å². The lowest BCUT2D eigenvalue weighted by Crippen LogP contribution is -2.45. The maximum absolute atomic E-state index is 11.2. The molecule has 0 bridgehead atoms. The van der Waals surface area contributed by atoms with E-state index < -0.39 is 16.9 Å². The van der Waals surface area contributed by atoms with Gasteiger partial charge in [0.25, 0.3) is 5.69 Å². The highest BCUT2D eigenvalue weighted by Gasteiger charge is 2.16. The number of rotatable bonds is 8. The number of nitro benzene ring substituents is 1. The van der Waals surface area contributed by atoms with Gasteiger partial charge in [0.2, 0.25) is 5.91 Å². The molecule has 0 heterocycles. The SMILES string of the molecule is CCCNC(COc1cc(Br)cc([N+](=O)[O-])c1)C(N)=O. The van der Waals surface area contributed by atoms with E-state index in [1.165, 1.54) is 12.1 Å². The summed E-state index contributed by atoms with van der Waals surface area (Å²) >= 11 is 3.17. The van der Waals surface area contributed by atoms with Crippen molar-refractivity contribution in [1.82, 2.24) is 5.32 Å². The number of primary amides is 1. The van der Waals surface area contributed by atoms with Crippen LogP contribution in [0.4, 0.5) is 5.69 Å². The van der Waals surface area contributed by atoms with Crippen molar-refractivity contribution in [3.63, 3.8) is 0 Å². The number of hydrogen-bond donors (Lipinski definition) is 2. The largest absolute Gasteiger partial charge is 0.491 e. The van der Waals surface area contributed by atoms with E-state index >= 15 is 0 Å². The van der Waals surface area contributed by atoms with E-state index in [9.17, 15) is 14.9 Å². The predicted octanol–water partition coefficient (Wildman–Crippen LogP) is 1.59. The molecule has 0 aliphatic carbocycles. The van der Waals surface area contributed by atoms with Gasteiger partial charge in [-0.2, -0.15) is 0 Å². The second-order valence-corrected chi connectivity index (χ2v) is 5.04. The topological polar surface area (TPSA) is 107 Å². The van der Waals surface area contributed by atoms with Crippen molar-refractivity contribution in [3.8, 4) is 5.75 Å². The van der Waals surface area contributed by atoms with Gasteiger partial charge in [0.1, 0.15) is 18.4 Å². The summed E-state index contributed by atoms with van der Waals surface area (Å²) in [5.41, 5.74) is 5.16. The first-order valence-corrected chi connectivity index (χ1v) is 6.83. The van der Waals surface area contributed by atoms with Gasteiger partial charge in [-0.25, -0.2) is 0 Å². The lowest BCUT2D eigenvalue weighted by atomic mass is 10.2. The molecule has 0 radical (unpaired) electrons. The van der Waals surface area contributed by atoms with Crippen molar-refractivity contribution < 1.29 is 14.5 Å². The number of halogens is 1.